The summed E-state index contributed by atoms with van der Waals surface area (Å²) >= 11 is 0. The minimum Gasteiger partial charge on any atom is -0.381 e. The predicted octanol–water partition coefficient (Wildman–Crippen LogP) is 1.11. The minimum absolute atomic E-state index is 0.245. The molecule has 0 aromatic carbocycles. The first-order valence-corrected chi connectivity index (χ1v) is 4.15. The highest BCUT2D eigenvalue weighted by Gasteiger charge is 2.29. The summed E-state index contributed by atoms with van der Waals surface area (Å²) < 4.78 is 18.5. The van der Waals surface area contributed by atoms with Crippen LogP contribution in [0.2, 0.25) is 0 Å². The molecule has 0 aliphatic carbocycles. The standard InChI is InChI=1S/C8H16FNO/c1-11-7-8(9)3-2-5-10-6-4-8/h10H,2-7H2,1H3. The zero-order chi connectivity index (χ0) is 8.16. The summed E-state index contributed by atoms with van der Waals surface area (Å²) in [6.45, 7) is 1.96. The normalized spacial score (nSPS) is 33.3. The van der Waals surface area contributed by atoms with Crippen LogP contribution in [0.1, 0.15) is 19.3 Å². The maximum Gasteiger partial charge on any atom is 0.135 e. The molecule has 1 atom stereocenters. The molecule has 3 heteroatoms. The van der Waals surface area contributed by atoms with E-state index in [0.29, 0.717) is 12.8 Å². The number of nitrogens with one attached hydrogen (secondary N) is 1. The molecular weight excluding hydrogens is 145 g/mol. The number of ether oxygens (including phenoxy) is 1. The highest BCUT2D eigenvalue weighted by Crippen LogP contribution is 2.24. The van der Waals surface area contributed by atoms with E-state index in [1.165, 1.54) is 0 Å². The van der Waals surface area contributed by atoms with Crippen molar-refractivity contribution in [2.75, 3.05) is 26.8 Å². The summed E-state index contributed by atoms with van der Waals surface area (Å²) in [5, 5.41) is 3.17. The zero-order valence-electron chi connectivity index (χ0n) is 7.03. The van der Waals surface area contributed by atoms with E-state index in [9.17, 15) is 4.39 Å². The Kier molecular flexibility index (Phi) is 3.27. The Morgan fingerprint density at radius 1 is 1.45 bits per heavy atom. The van der Waals surface area contributed by atoms with E-state index < -0.39 is 5.67 Å². The van der Waals surface area contributed by atoms with Gasteiger partial charge < -0.3 is 10.1 Å². The molecule has 1 aliphatic heterocycles. The van der Waals surface area contributed by atoms with Crippen LogP contribution in [-0.4, -0.2) is 32.5 Å². The first-order chi connectivity index (χ1) is 5.27. The number of alkyl halides is 1. The molecule has 1 saturated heterocycles. The van der Waals surface area contributed by atoms with Gasteiger partial charge in [0.2, 0.25) is 0 Å². The van der Waals surface area contributed by atoms with Crippen molar-refractivity contribution < 1.29 is 9.13 Å². The fraction of sp³-hybridized carbons (Fsp3) is 1.00. The van der Waals surface area contributed by atoms with E-state index in [4.69, 9.17) is 4.74 Å². The van der Waals surface area contributed by atoms with Gasteiger partial charge in [0, 0.05) is 7.11 Å². The van der Waals surface area contributed by atoms with Gasteiger partial charge in [0.05, 0.1) is 6.61 Å². The molecule has 1 fully saturated rings. The molecule has 1 N–H and O–H groups in total. The topological polar surface area (TPSA) is 21.3 Å². The maximum absolute atomic E-state index is 13.7. The Hall–Kier alpha value is -0.150. The average Bonchev–Trinajstić information content (AvgIpc) is 2.15. The molecule has 66 valence electrons. The van der Waals surface area contributed by atoms with Crippen LogP contribution in [0.4, 0.5) is 4.39 Å². The van der Waals surface area contributed by atoms with E-state index in [1.54, 1.807) is 7.11 Å². The van der Waals surface area contributed by atoms with Gasteiger partial charge in [-0.05, 0) is 32.4 Å². The molecule has 2 nitrogen and oxygen atoms in total. The van der Waals surface area contributed by atoms with Crippen LogP contribution in [0.15, 0.2) is 0 Å². The Morgan fingerprint density at radius 2 is 2.27 bits per heavy atom. The monoisotopic (exact) mass is 161 g/mol. The SMILES string of the molecule is COCC1(F)CCCNCC1. The fourth-order valence-corrected chi connectivity index (χ4v) is 1.50. The second-order valence-corrected chi connectivity index (χ2v) is 3.19. The minimum atomic E-state index is -1.07. The van der Waals surface area contributed by atoms with Crippen LogP contribution in [0, 0.1) is 0 Å². The van der Waals surface area contributed by atoms with Crippen LogP contribution < -0.4 is 5.32 Å². The average molecular weight is 161 g/mol. The number of halogens is 1. The molecule has 1 rings (SSSR count). The highest BCUT2D eigenvalue weighted by atomic mass is 19.1. The summed E-state index contributed by atoms with van der Waals surface area (Å²) in [6.07, 6.45) is 2.13. The van der Waals surface area contributed by atoms with Crippen molar-refractivity contribution in [2.45, 2.75) is 24.9 Å². The summed E-state index contributed by atoms with van der Waals surface area (Å²) in [6, 6.07) is 0. The van der Waals surface area contributed by atoms with Crippen molar-refractivity contribution in [1.82, 2.24) is 5.32 Å². The van der Waals surface area contributed by atoms with Crippen LogP contribution in [0.3, 0.4) is 0 Å². The highest BCUT2D eigenvalue weighted by molar-refractivity contribution is 4.82. The first kappa shape index (κ1) is 8.94. The summed E-state index contributed by atoms with van der Waals surface area (Å²) in [5.74, 6) is 0. The van der Waals surface area contributed by atoms with Gasteiger partial charge in [-0.1, -0.05) is 0 Å². The van der Waals surface area contributed by atoms with E-state index in [2.05, 4.69) is 5.32 Å². The van der Waals surface area contributed by atoms with E-state index in [-0.39, 0.29) is 6.61 Å². The van der Waals surface area contributed by atoms with Crippen molar-refractivity contribution in [2.24, 2.45) is 0 Å². The Bertz CT molecular complexity index is 111. The van der Waals surface area contributed by atoms with Crippen LogP contribution in [0.25, 0.3) is 0 Å². The zero-order valence-corrected chi connectivity index (χ0v) is 7.03. The molecule has 0 saturated carbocycles. The van der Waals surface area contributed by atoms with Crippen LogP contribution in [-0.2, 0) is 4.74 Å². The second kappa shape index (κ2) is 4.02. The van der Waals surface area contributed by atoms with Crippen molar-refractivity contribution in [1.29, 1.82) is 0 Å². The summed E-state index contributed by atoms with van der Waals surface area (Å²) in [7, 11) is 1.56. The molecule has 0 radical (unpaired) electrons. The number of hydrogen-bond donors (Lipinski definition) is 1. The number of hydrogen-bond acceptors (Lipinski definition) is 2. The Labute approximate surface area is 67.1 Å². The Balaban J connectivity index is 2.38. The number of methoxy groups -OCH3 is 1. The molecular formula is C8H16FNO. The van der Waals surface area contributed by atoms with Crippen LogP contribution >= 0.6 is 0 Å². The maximum atomic E-state index is 13.7. The molecule has 11 heavy (non-hydrogen) atoms. The molecule has 1 heterocycles. The lowest BCUT2D eigenvalue weighted by atomic mass is 9.98. The number of rotatable bonds is 2. The van der Waals surface area contributed by atoms with Crippen molar-refractivity contribution in [3.63, 3.8) is 0 Å². The van der Waals surface area contributed by atoms with Crippen molar-refractivity contribution in [3.05, 3.63) is 0 Å². The van der Waals surface area contributed by atoms with Gasteiger partial charge in [0.1, 0.15) is 5.67 Å². The van der Waals surface area contributed by atoms with E-state index in [0.717, 1.165) is 19.5 Å². The van der Waals surface area contributed by atoms with Gasteiger partial charge in [0.25, 0.3) is 0 Å². The summed E-state index contributed by atoms with van der Waals surface area (Å²) in [4.78, 5) is 0. The van der Waals surface area contributed by atoms with Crippen molar-refractivity contribution >= 4 is 0 Å². The third-order valence-corrected chi connectivity index (χ3v) is 2.13. The molecule has 1 unspecified atom stereocenters. The molecule has 0 aromatic heterocycles. The van der Waals surface area contributed by atoms with Gasteiger partial charge in [-0.15, -0.1) is 0 Å². The third-order valence-electron chi connectivity index (χ3n) is 2.13. The van der Waals surface area contributed by atoms with Gasteiger partial charge in [0.15, 0.2) is 0 Å². The van der Waals surface area contributed by atoms with Crippen molar-refractivity contribution in [3.8, 4) is 0 Å². The molecule has 0 spiro atoms. The van der Waals surface area contributed by atoms with Gasteiger partial charge >= 0.3 is 0 Å². The third kappa shape index (κ3) is 2.75. The molecule has 0 bridgehead atoms. The van der Waals surface area contributed by atoms with E-state index >= 15 is 0 Å². The largest absolute Gasteiger partial charge is 0.381 e. The quantitative estimate of drug-likeness (QED) is 0.655. The lowest BCUT2D eigenvalue weighted by Crippen LogP contribution is -2.29. The molecule has 0 aromatic rings. The first-order valence-electron chi connectivity index (χ1n) is 4.15. The van der Waals surface area contributed by atoms with Gasteiger partial charge in [-0.3, -0.25) is 0 Å². The lowest BCUT2D eigenvalue weighted by Gasteiger charge is -2.21. The fourth-order valence-electron chi connectivity index (χ4n) is 1.50. The van der Waals surface area contributed by atoms with Gasteiger partial charge in [-0.2, -0.15) is 0 Å². The van der Waals surface area contributed by atoms with E-state index in [1.807, 2.05) is 0 Å². The Morgan fingerprint density at radius 3 is 3.00 bits per heavy atom. The predicted molar refractivity (Wildman–Crippen MR) is 42.4 cm³/mol. The van der Waals surface area contributed by atoms with Crippen LogP contribution in [0.5, 0.6) is 0 Å². The molecule has 0 amide bonds. The lowest BCUT2D eigenvalue weighted by molar-refractivity contribution is 0.0319. The van der Waals surface area contributed by atoms with Gasteiger partial charge in [-0.25, -0.2) is 4.39 Å². The summed E-state index contributed by atoms with van der Waals surface area (Å²) in [5.41, 5.74) is -1.07. The second-order valence-electron chi connectivity index (χ2n) is 3.19. The smallest absolute Gasteiger partial charge is 0.135 e. The molecule has 1 aliphatic rings.